The van der Waals surface area contributed by atoms with Gasteiger partial charge in [-0.2, -0.15) is 0 Å². The molecule has 0 radical (unpaired) electrons. The molecule has 0 saturated heterocycles. The average Bonchev–Trinajstić information content (AvgIpc) is 2.26. The Bertz CT molecular complexity index is 353. The highest BCUT2D eigenvalue weighted by Gasteiger charge is 2.27. The van der Waals surface area contributed by atoms with E-state index in [0.717, 1.165) is 18.4 Å². The summed E-state index contributed by atoms with van der Waals surface area (Å²) in [7, 11) is 0. The molecule has 0 spiro atoms. The van der Waals surface area contributed by atoms with Crippen LogP contribution in [-0.4, -0.2) is 18.2 Å². The quantitative estimate of drug-likeness (QED) is 0.867. The first-order chi connectivity index (χ1) is 7.74. The van der Waals surface area contributed by atoms with Crippen LogP contribution in [0.5, 0.6) is 0 Å². The smallest absolute Gasteiger partial charge is 0.407 e. The number of benzene rings is 1. The molecule has 4 nitrogen and oxygen atoms in total. The molecule has 0 aliphatic heterocycles. The van der Waals surface area contributed by atoms with Gasteiger partial charge < -0.3 is 15.8 Å². The minimum atomic E-state index is -0.360. The summed E-state index contributed by atoms with van der Waals surface area (Å²) < 4.78 is 5.08. The molecule has 0 atom stereocenters. The van der Waals surface area contributed by atoms with Crippen molar-refractivity contribution in [2.24, 2.45) is 5.73 Å². The molecule has 0 heterocycles. The number of carbonyl (C=O) groups excluding carboxylic acids is 1. The summed E-state index contributed by atoms with van der Waals surface area (Å²) in [6.45, 7) is 0.311. The molecular weight excluding hydrogens is 240 g/mol. The predicted octanol–water partition coefficient (Wildman–Crippen LogP) is 1.82. The van der Waals surface area contributed by atoms with Gasteiger partial charge in [-0.05, 0) is 18.4 Å². The maximum Gasteiger partial charge on any atom is 0.407 e. The van der Waals surface area contributed by atoms with Crippen LogP contribution >= 0.6 is 12.4 Å². The van der Waals surface area contributed by atoms with Crippen LogP contribution in [0.4, 0.5) is 4.79 Å². The largest absolute Gasteiger partial charge is 0.445 e. The Morgan fingerprint density at radius 2 is 2.00 bits per heavy atom. The van der Waals surface area contributed by atoms with Crippen molar-refractivity contribution in [3.63, 3.8) is 0 Å². The van der Waals surface area contributed by atoms with E-state index in [4.69, 9.17) is 10.5 Å². The molecule has 3 N–H and O–H groups in total. The minimum Gasteiger partial charge on any atom is -0.445 e. The summed E-state index contributed by atoms with van der Waals surface area (Å²) in [6.07, 6.45) is 1.33. The number of hydrogen-bond acceptors (Lipinski definition) is 3. The molecule has 1 amide bonds. The summed E-state index contributed by atoms with van der Waals surface area (Å²) in [5, 5.41) is 2.78. The van der Waals surface area contributed by atoms with Crippen LogP contribution in [0.15, 0.2) is 30.3 Å². The van der Waals surface area contributed by atoms with Crippen LogP contribution in [0, 0.1) is 0 Å². The topological polar surface area (TPSA) is 64.3 Å². The molecule has 1 aliphatic rings. The van der Waals surface area contributed by atoms with Crippen molar-refractivity contribution in [3.05, 3.63) is 35.9 Å². The highest BCUT2D eigenvalue weighted by atomic mass is 35.5. The van der Waals surface area contributed by atoms with E-state index in [-0.39, 0.29) is 30.6 Å². The molecule has 1 saturated carbocycles. The zero-order valence-corrected chi connectivity index (χ0v) is 10.3. The van der Waals surface area contributed by atoms with Crippen molar-refractivity contribution in [2.75, 3.05) is 0 Å². The molecule has 17 heavy (non-hydrogen) atoms. The van der Waals surface area contributed by atoms with Gasteiger partial charge in [-0.25, -0.2) is 4.79 Å². The zero-order chi connectivity index (χ0) is 11.4. The van der Waals surface area contributed by atoms with Gasteiger partial charge in [0.25, 0.3) is 0 Å². The van der Waals surface area contributed by atoms with Crippen molar-refractivity contribution in [2.45, 2.75) is 31.5 Å². The van der Waals surface area contributed by atoms with E-state index in [1.807, 2.05) is 30.3 Å². The number of ether oxygens (including phenoxy) is 1. The lowest BCUT2D eigenvalue weighted by atomic mass is 9.88. The fraction of sp³-hybridized carbons (Fsp3) is 0.417. The molecule has 1 aliphatic carbocycles. The number of halogens is 1. The van der Waals surface area contributed by atoms with Crippen LogP contribution in [0.2, 0.25) is 0 Å². The first-order valence-corrected chi connectivity index (χ1v) is 5.47. The molecule has 0 aromatic heterocycles. The first kappa shape index (κ1) is 13.8. The Labute approximate surface area is 107 Å². The van der Waals surface area contributed by atoms with Crippen LogP contribution < -0.4 is 11.1 Å². The van der Waals surface area contributed by atoms with E-state index in [1.54, 1.807) is 0 Å². The van der Waals surface area contributed by atoms with Gasteiger partial charge in [0.15, 0.2) is 0 Å². The maximum atomic E-state index is 11.4. The molecule has 0 bridgehead atoms. The third-order valence-electron chi connectivity index (χ3n) is 2.71. The normalized spacial score (nSPS) is 21.9. The predicted molar refractivity (Wildman–Crippen MR) is 68.0 cm³/mol. The number of rotatable bonds is 3. The standard InChI is InChI=1S/C12H16N2O2.ClH/c13-10-6-11(7-10)14-12(15)16-8-9-4-2-1-3-5-9;/h1-5,10-11H,6-8,13H2,(H,14,15);1H. The van der Waals surface area contributed by atoms with Crippen LogP contribution in [0.3, 0.4) is 0 Å². The van der Waals surface area contributed by atoms with Gasteiger partial charge in [-0.15, -0.1) is 12.4 Å². The highest BCUT2D eigenvalue weighted by Crippen LogP contribution is 2.17. The summed E-state index contributed by atoms with van der Waals surface area (Å²) in [6, 6.07) is 10.0. The lowest BCUT2D eigenvalue weighted by Crippen LogP contribution is -2.50. The number of nitrogens with one attached hydrogen (secondary N) is 1. The molecule has 1 aromatic carbocycles. The summed E-state index contributed by atoms with van der Waals surface area (Å²) >= 11 is 0. The van der Waals surface area contributed by atoms with Gasteiger partial charge in [0, 0.05) is 12.1 Å². The molecule has 94 valence electrons. The van der Waals surface area contributed by atoms with Gasteiger partial charge in [0.05, 0.1) is 0 Å². The van der Waals surface area contributed by atoms with Gasteiger partial charge in [0.2, 0.25) is 0 Å². The van der Waals surface area contributed by atoms with Gasteiger partial charge in [-0.1, -0.05) is 30.3 Å². The highest BCUT2D eigenvalue weighted by molar-refractivity contribution is 5.85. The monoisotopic (exact) mass is 256 g/mol. The van der Waals surface area contributed by atoms with E-state index in [9.17, 15) is 4.79 Å². The van der Waals surface area contributed by atoms with Crippen LogP contribution in [-0.2, 0) is 11.3 Å². The van der Waals surface area contributed by atoms with E-state index >= 15 is 0 Å². The zero-order valence-electron chi connectivity index (χ0n) is 9.46. The average molecular weight is 257 g/mol. The van der Waals surface area contributed by atoms with Crippen molar-refractivity contribution in [1.82, 2.24) is 5.32 Å². The second-order valence-electron chi connectivity index (χ2n) is 4.13. The Morgan fingerprint density at radius 3 is 2.59 bits per heavy atom. The number of alkyl carbamates (subject to hydrolysis) is 1. The van der Waals surface area contributed by atoms with Crippen molar-refractivity contribution >= 4 is 18.5 Å². The van der Waals surface area contributed by atoms with Crippen molar-refractivity contribution in [3.8, 4) is 0 Å². The number of amides is 1. The molecule has 1 fully saturated rings. The van der Waals surface area contributed by atoms with Crippen LogP contribution in [0.25, 0.3) is 0 Å². The van der Waals surface area contributed by atoms with E-state index in [1.165, 1.54) is 0 Å². The SMILES string of the molecule is Cl.NC1CC(NC(=O)OCc2ccccc2)C1. The van der Waals surface area contributed by atoms with Crippen molar-refractivity contribution in [1.29, 1.82) is 0 Å². The molecular formula is C12H17ClN2O2. The second kappa shape index (κ2) is 6.47. The molecule has 2 rings (SSSR count). The second-order valence-corrected chi connectivity index (χ2v) is 4.13. The van der Waals surface area contributed by atoms with E-state index in [0.29, 0.717) is 6.61 Å². The maximum absolute atomic E-state index is 11.4. The summed E-state index contributed by atoms with van der Waals surface area (Å²) in [5.41, 5.74) is 6.61. The number of carbonyl (C=O) groups is 1. The Balaban J connectivity index is 0.00000144. The molecule has 1 aromatic rings. The molecule has 0 unspecified atom stereocenters. The van der Waals surface area contributed by atoms with Gasteiger partial charge in [0.1, 0.15) is 6.61 Å². The van der Waals surface area contributed by atoms with Crippen LogP contribution in [0.1, 0.15) is 18.4 Å². The third-order valence-corrected chi connectivity index (χ3v) is 2.71. The fourth-order valence-electron chi connectivity index (χ4n) is 1.71. The van der Waals surface area contributed by atoms with Crippen molar-refractivity contribution < 1.29 is 9.53 Å². The Kier molecular flexibility index (Phi) is 5.25. The Morgan fingerprint density at radius 1 is 1.35 bits per heavy atom. The minimum absolute atomic E-state index is 0. The third kappa shape index (κ3) is 4.24. The van der Waals surface area contributed by atoms with Gasteiger partial charge >= 0.3 is 6.09 Å². The first-order valence-electron chi connectivity index (χ1n) is 5.47. The van der Waals surface area contributed by atoms with E-state index < -0.39 is 0 Å². The number of nitrogens with two attached hydrogens (primary N) is 1. The number of hydrogen-bond donors (Lipinski definition) is 2. The lowest BCUT2D eigenvalue weighted by molar-refractivity contribution is 0.128. The summed E-state index contributed by atoms with van der Waals surface area (Å²) in [4.78, 5) is 11.4. The fourth-order valence-corrected chi connectivity index (χ4v) is 1.71. The Hall–Kier alpha value is -1.26. The molecule has 5 heteroatoms. The van der Waals surface area contributed by atoms with E-state index in [2.05, 4.69) is 5.32 Å². The summed E-state index contributed by atoms with van der Waals surface area (Å²) in [5.74, 6) is 0. The van der Waals surface area contributed by atoms with Gasteiger partial charge in [-0.3, -0.25) is 0 Å². The lowest BCUT2D eigenvalue weighted by Gasteiger charge is -2.32.